The van der Waals surface area contributed by atoms with Gasteiger partial charge >= 0.3 is 0 Å². The van der Waals surface area contributed by atoms with Crippen LogP contribution in [0, 0.1) is 0 Å². The molecule has 0 N–H and O–H groups in total. The SMILES string of the molecule is O=C1C(=Nc2cccc3cccnc23)c2cccc3cccc1c23. The molecule has 0 unspecified atom stereocenters. The molecule has 0 fully saturated rings. The fraction of sp³-hybridized carbons (Fsp3) is 0. The predicted molar refractivity (Wildman–Crippen MR) is 96.2 cm³/mol. The minimum Gasteiger partial charge on any atom is -0.287 e. The molecule has 24 heavy (non-hydrogen) atoms. The molecular weight excluding hydrogens is 296 g/mol. The van der Waals surface area contributed by atoms with E-state index in [1.54, 1.807) is 6.20 Å². The maximum Gasteiger partial charge on any atom is 0.212 e. The normalized spacial score (nSPS) is 14.8. The largest absolute Gasteiger partial charge is 0.287 e. The summed E-state index contributed by atoms with van der Waals surface area (Å²) in [6.07, 6.45) is 1.75. The zero-order valence-corrected chi connectivity index (χ0v) is 12.7. The van der Waals surface area contributed by atoms with Crippen LogP contribution in [0.2, 0.25) is 0 Å². The fourth-order valence-corrected chi connectivity index (χ4v) is 3.39. The third kappa shape index (κ3) is 1.75. The van der Waals surface area contributed by atoms with Crippen LogP contribution in [0.3, 0.4) is 0 Å². The number of hydrogen-bond donors (Lipinski definition) is 0. The Morgan fingerprint density at radius 1 is 0.750 bits per heavy atom. The van der Waals surface area contributed by atoms with E-state index in [0.717, 1.165) is 38.5 Å². The van der Waals surface area contributed by atoms with Crippen LogP contribution >= 0.6 is 0 Å². The van der Waals surface area contributed by atoms with Gasteiger partial charge in [0.2, 0.25) is 5.78 Å². The first-order chi connectivity index (χ1) is 11.8. The summed E-state index contributed by atoms with van der Waals surface area (Å²) in [5.41, 5.74) is 3.67. The van der Waals surface area contributed by atoms with Crippen molar-refractivity contribution >= 4 is 38.9 Å². The number of carbonyl (C=O) groups is 1. The Hall–Kier alpha value is -3.33. The van der Waals surface area contributed by atoms with E-state index in [2.05, 4.69) is 4.98 Å². The van der Waals surface area contributed by atoms with Gasteiger partial charge in [-0.25, -0.2) is 4.99 Å². The molecule has 5 rings (SSSR count). The van der Waals surface area contributed by atoms with Gasteiger partial charge in [-0.15, -0.1) is 0 Å². The summed E-state index contributed by atoms with van der Waals surface area (Å²) in [4.78, 5) is 22.0. The topological polar surface area (TPSA) is 42.3 Å². The number of pyridine rings is 1. The number of Topliss-reactive ketones (excluding diaryl/α,β-unsaturated/α-hetero) is 1. The summed E-state index contributed by atoms with van der Waals surface area (Å²) >= 11 is 0. The average Bonchev–Trinajstić information content (AvgIpc) is 2.90. The molecule has 1 aliphatic carbocycles. The molecule has 3 nitrogen and oxygen atoms in total. The van der Waals surface area contributed by atoms with E-state index in [4.69, 9.17) is 4.99 Å². The number of nitrogens with zero attached hydrogens (tertiary/aromatic N) is 2. The van der Waals surface area contributed by atoms with Crippen LogP contribution in [-0.2, 0) is 0 Å². The maximum atomic E-state index is 12.9. The maximum absolute atomic E-state index is 12.9. The molecule has 0 aliphatic heterocycles. The minimum absolute atomic E-state index is 0.0188. The highest BCUT2D eigenvalue weighted by Crippen LogP contribution is 2.33. The number of para-hydroxylation sites is 1. The molecule has 1 aliphatic rings. The third-order valence-corrected chi connectivity index (χ3v) is 4.46. The van der Waals surface area contributed by atoms with Gasteiger partial charge in [0.05, 0.1) is 11.2 Å². The van der Waals surface area contributed by atoms with Crippen molar-refractivity contribution < 1.29 is 4.79 Å². The molecule has 4 aromatic rings. The Kier molecular flexibility index (Phi) is 2.65. The highest BCUT2D eigenvalue weighted by molar-refractivity contribution is 6.59. The molecule has 0 bridgehead atoms. The minimum atomic E-state index is -0.0188. The molecule has 1 aromatic heterocycles. The lowest BCUT2D eigenvalue weighted by Gasteiger charge is -2.03. The summed E-state index contributed by atoms with van der Waals surface area (Å²) in [6.45, 7) is 0. The molecule has 0 atom stereocenters. The van der Waals surface area contributed by atoms with Crippen molar-refractivity contribution in [1.82, 2.24) is 4.98 Å². The first-order valence-electron chi connectivity index (χ1n) is 7.82. The lowest BCUT2D eigenvalue weighted by atomic mass is 10.1. The van der Waals surface area contributed by atoms with Crippen LogP contribution in [0.15, 0.2) is 77.9 Å². The summed E-state index contributed by atoms with van der Waals surface area (Å²) in [6, 6.07) is 21.5. The highest BCUT2D eigenvalue weighted by Gasteiger charge is 2.28. The second kappa shape index (κ2) is 4.83. The van der Waals surface area contributed by atoms with Crippen molar-refractivity contribution in [3.63, 3.8) is 0 Å². The van der Waals surface area contributed by atoms with Gasteiger partial charge in [-0.3, -0.25) is 9.78 Å². The number of hydrogen-bond acceptors (Lipinski definition) is 3. The standard InChI is InChI=1S/C21H12N2O/c24-21-16-10-2-6-13-5-1-9-15(18(13)16)20(21)23-17-11-3-7-14-8-4-12-22-19(14)17/h1-12H. The summed E-state index contributed by atoms with van der Waals surface area (Å²) in [5.74, 6) is -0.0188. The Labute approximate surface area is 138 Å². The molecule has 1 heterocycles. The van der Waals surface area contributed by atoms with E-state index >= 15 is 0 Å². The lowest BCUT2D eigenvalue weighted by Crippen LogP contribution is -2.08. The van der Waals surface area contributed by atoms with Gasteiger partial charge in [-0.1, -0.05) is 54.6 Å². The average molecular weight is 308 g/mol. The van der Waals surface area contributed by atoms with Crippen LogP contribution in [0.4, 0.5) is 5.69 Å². The third-order valence-electron chi connectivity index (χ3n) is 4.46. The van der Waals surface area contributed by atoms with Crippen molar-refractivity contribution in [2.24, 2.45) is 4.99 Å². The second-order valence-electron chi connectivity index (χ2n) is 5.85. The van der Waals surface area contributed by atoms with E-state index in [1.165, 1.54) is 0 Å². The summed E-state index contributed by atoms with van der Waals surface area (Å²) in [7, 11) is 0. The van der Waals surface area contributed by atoms with E-state index in [0.29, 0.717) is 5.71 Å². The monoisotopic (exact) mass is 308 g/mol. The van der Waals surface area contributed by atoms with E-state index in [-0.39, 0.29) is 5.78 Å². The number of aliphatic imine (C=N–C) groups is 1. The van der Waals surface area contributed by atoms with E-state index in [1.807, 2.05) is 66.7 Å². The van der Waals surface area contributed by atoms with Crippen LogP contribution in [0.1, 0.15) is 15.9 Å². The van der Waals surface area contributed by atoms with Crippen LogP contribution < -0.4 is 0 Å². The number of benzene rings is 3. The van der Waals surface area contributed by atoms with Gasteiger partial charge in [-0.2, -0.15) is 0 Å². The summed E-state index contributed by atoms with van der Waals surface area (Å²) < 4.78 is 0. The Morgan fingerprint density at radius 3 is 2.33 bits per heavy atom. The molecule has 3 heteroatoms. The van der Waals surface area contributed by atoms with Crippen molar-refractivity contribution in [2.45, 2.75) is 0 Å². The van der Waals surface area contributed by atoms with E-state index in [9.17, 15) is 4.79 Å². The van der Waals surface area contributed by atoms with Crippen molar-refractivity contribution in [3.8, 4) is 0 Å². The molecule has 0 saturated heterocycles. The zero-order chi connectivity index (χ0) is 16.1. The molecule has 112 valence electrons. The number of carbonyl (C=O) groups excluding carboxylic acids is 1. The number of ketones is 1. The molecule has 0 spiro atoms. The fourth-order valence-electron chi connectivity index (χ4n) is 3.39. The smallest absolute Gasteiger partial charge is 0.212 e. The Morgan fingerprint density at radius 2 is 1.46 bits per heavy atom. The summed E-state index contributed by atoms with van der Waals surface area (Å²) in [5, 5.41) is 3.08. The van der Waals surface area contributed by atoms with Crippen LogP contribution in [0.25, 0.3) is 21.7 Å². The Bertz CT molecular complexity index is 1160. The van der Waals surface area contributed by atoms with Crippen LogP contribution in [0.5, 0.6) is 0 Å². The van der Waals surface area contributed by atoms with Gasteiger partial charge < -0.3 is 0 Å². The van der Waals surface area contributed by atoms with Gasteiger partial charge in [-0.05, 0) is 17.5 Å². The van der Waals surface area contributed by atoms with Gasteiger partial charge in [0.15, 0.2) is 0 Å². The quantitative estimate of drug-likeness (QED) is 0.511. The van der Waals surface area contributed by atoms with E-state index < -0.39 is 0 Å². The van der Waals surface area contributed by atoms with Gasteiger partial charge in [0.1, 0.15) is 5.71 Å². The molecule has 0 radical (unpaired) electrons. The molecule has 3 aromatic carbocycles. The molecular formula is C21H12N2O. The zero-order valence-electron chi connectivity index (χ0n) is 12.7. The number of fused-ring (bicyclic) bond motifs is 1. The van der Waals surface area contributed by atoms with Crippen molar-refractivity contribution in [3.05, 3.63) is 84.1 Å². The van der Waals surface area contributed by atoms with Crippen LogP contribution in [-0.4, -0.2) is 16.5 Å². The molecule has 0 saturated carbocycles. The van der Waals surface area contributed by atoms with Gasteiger partial charge in [0.25, 0.3) is 0 Å². The predicted octanol–water partition coefficient (Wildman–Crippen LogP) is 4.71. The number of aromatic nitrogens is 1. The van der Waals surface area contributed by atoms with Gasteiger partial charge in [0, 0.05) is 28.1 Å². The Balaban J connectivity index is 1.80. The molecule has 0 amide bonds. The van der Waals surface area contributed by atoms with Crippen molar-refractivity contribution in [2.75, 3.05) is 0 Å². The first-order valence-corrected chi connectivity index (χ1v) is 7.82. The first kappa shape index (κ1) is 13.1. The number of rotatable bonds is 1. The highest BCUT2D eigenvalue weighted by atomic mass is 16.1. The van der Waals surface area contributed by atoms with Crippen molar-refractivity contribution in [1.29, 1.82) is 0 Å². The lowest BCUT2D eigenvalue weighted by molar-refractivity contribution is 0.107. The second-order valence-corrected chi connectivity index (χ2v) is 5.85.